The van der Waals surface area contributed by atoms with Crippen LogP contribution >= 0.6 is 23.2 Å². The van der Waals surface area contributed by atoms with Crippen molar-refractivity contribution in [2.75, 3.05) is 11.1 Å². The van der Waals surface area contributed by atoms with Gasteiger partial charge in [-0.3, -0.25) is 0 Å². The van der Waals surface area contributed by atoms with Gasteiger partial charge >= 0.3 is 0 Å². The molecule has 8 heteroatoms. The van der Waals surface area contributed by atoms with Crippen LogP contribution in [0.2, 0.25) is 10.0 Å². The summed E-state index contributed by atoms with van der Waals surface area (Å²) >= 11 is 12.7. The van der Waals surface area contributed by atoms with E-state index in [9.17, 15) is 5.26 Å². The number of aromatic nitrogens is 2. The van der Waals surface area contributed by atoms with Crippen LogP contribution in [0.3, 0.4) is 0 Å². The molecular weight excluding hydrogens is 505 g/mol. The molecule has 0 saturated carbocycles. The first-order valence-corrected chi connectivity index (χ1v) is 12.2. The van der Waals surface area contributed by atoms with Gasteiger partial charge < -0.3 is 15.8 Å². The van der Waals surface area contributed by atoms with Crippen molar-refractivity contribution in [2.45, 2.75) is 12.8 Å². The first-order chi connectivity index (χ1) is 17.9. The molecule has 6 nitrogen and oxygen atoms in total. The van der Waals surface area contributed by atoms with Crippen LogP contribution in [0.5, 0.6) is 11.6 Å². The van der Waals surface area contributed by atoms with Crippen molar-refractivity contribution in [2.24, 2.45) is 0 Å². The molecular formula is C29H21Cl2N5O. The van der Waals surface area contributed by atoms with Gasteiger partial charge in [-0.15, -0.1) is 0 Å². The Morgan fingerprint density at radius 3 is 2.51 bits per heavy atom. The van der Waals surface area contributed by atoms with E-state index in [-0.39, 0.29) is 11.6 Å². The fraction of sp³-hybridized carbons (Fsp3) is 0.0690. The zero-order valence-electron chi connectivity index (χ0n) is 19.7. The van der Waals surface area contributed by atoms with Crippen molar-refractivity contribution in [3.05, 3.63) is 112 Å². The summed E-state index contributed by atoms with van der Waals surface area (Å²) in [5.74, 6) is 0.721. The summed E-state index contributed by atoms with van der Waals surface area (Å²) in [4.78, 5) is 8.54. The second-order valence-electron chi connectivity index (χ2n) is 8.45. The number of ether oxygens (including phenoxy) is 1. The first kappa shape index (κ1) is 24.4. The van der Waals surface area contributed by atoms with E-state index in [2.05, 4.69) is 21.4 Å². The van der Waals surface area contributed by atoms with E-state index in [1.54, 1.807) is 18.2 Å². The summed E-state index contributed by atoms with van der Waals surface area (Å²) < 4.78 is 6.09. The number of hydrogen-bond acceptors (Lipinski definition) is 6. The third-order valence-electron chi connectivity index (χ3n) is 6.04. The molecule has 4 aromatic carbocycles. The fourth-order valence-corrected chi connectivity index (χ4v) is 4.51. The molecule has 37 heavy (non-hydrogen) atoms. The number of nitrogens with two attached hydrogens (primary N) is 1. The molecule has 5 rings (SSSR count). The van der Waals surface area contributed by atoms with Crippen molar-refractivity contribution in [1.29, 1.82) is 5.26 Å². The summed E-state index contributed by atoms with van der Waals surface area (Å²) in [5.41, 5.74) is 9.73. The highest BCUT2D eigenvalue weighted by atomic mass is 35.5. The molecule has 3 N–H and O–H groups in total. The standard InChI is InChI=1S/C29H21Cl2N5O/c1-17-13-22(23(15-32)19-9-11-20(30)12-10-19)24(31)14-25(17)36-28-27(33)29(35-16-34-28)37-26-8-4-6-18-5-2-3-7-21(18)26/h2-14,16,23H,33H2,1H3,(H,34,35,36). The number of nitrogens with zero attached hydrogens (tertiary/aromatic N) is 3. The maximum absolute atomic E-state index is 9.87. The fourth-order valence-electron chi connectivity index (χ4n) is 4.12. The van der Waals surface area contributed by atoms with Gasteiger partial charge in [0.15, 0.2) is 5.82 Å². The van der Waals surface area contributed by atoms with Gasteiger partial charge in [-0.2, -0.15) is 10.2 Å². The van der Waals surface area contributed by atoms with E-state index >= 15 is 0 Å². The molecule has 0 aliphatic carbocycles. The number of aryl methyl sites for hydroxylation is 1. The highest BCUT2D eigenvalue weighted by Gasteiger charge is 2.19. The van der Waals surface area contributed by atoms with Crippen LogP contribution < -0.4 is 15.8 Å². The first-order valence-electron chi connectivity index (χ1n) is 11.4. The Bertz CT molecular complexity index is 1640. The molecule has 0 saturated heterocycles. The van der Waals surface area contributed by atoms with Crippen molar-refractivity contribution in [1.82, 2.24) is 9.97 Å². The summed E-state index contributed by atoms with van der Waals surface area (Å²) in [6, 6.07) is 26.9. The summed E-state index contributed by atoms with van der Waals surface area (Å²) in [6.07, 6.45) is 1.39. The number of hydrogen-bond donors (Lipinski definition) is 2. The minimum atomic E-state index is -0.540. The van der Waals surface area contributed by atoms with Crippen LogP contribution in [0.25, 0.3) is 10.8 Å². The summed E-state index contributed by atoms with van der Waals surface area (Å²) in [5, 5.41) is 16.1. The molecule has 0 radical (unpaired) electrons. The van der Waals surface area contributed by atoms with Gasteiger partial charge in [0, 0.05) is 21.1 Å². The zero-order valence-corrected chi connectivity index (χ0v) is 21.3. The molecule has 182 valence electrons. The van der Waals surface area contributed by atoms with E-state index in [0.717, 1.165) is 21.9 Å². The zero-order chi connectivity index (χ0) is 25.9. The lowest BCUT2D eigenvalue weighted by Gasteiger charge is -2.17. The Balaban J connectivity index is 1.44. The van der Waals surface area contributed by atoms with Crippen LogP contribution in [-0.4, -0.2) is 9.97 Å². The van der Waals surface area contributed by atoms with Crippen LogP contribution in [-0.2, 0) is 0 Å². The van der Waals surface area contributed by atoms with Crippen LogP contribution in [0, 0.1) is 18.3 Å². The third-order valence-corrected chi connectivity index (χ3v) is 6.62. The van der Waals surface area contributed by atoms with Crippen LogP contribution in [0.4, 0.5) is 17.2 Å². The molecule has 1 heterocycles. The van der Waals surface area contributed by atoms with Crippen molar-refractivity contribution in [3.63, 3.8) is 0 Å². The molecule has 0 amide bonds. The predicted molar refractivity (Wildman–Crippen MR) is 149 cm³/mol. The van der Waals surface area contributed by atoms with E-state index in [0.29, 0.717) is 32.9 Å². The number of fused-ring (bicyclic) bond motifs is 1. The molecule has 0 spiro atoms. The van der Waals surface area contributed by atoms with Crippen molar-refractivity contribution < 1.29 is 4.74 Å². The van der Waals surface area contributed by atoms with E-state index in [4.69, 9.17) is 33.7 Å². The molecule has 1 atom stereocenters. The normalized spacial score (nSPS) is 11.6. The third kappa shape index (κ3) is 5.01. The molecule has 0 bridgehead atoms. The lowest BCUT2D eigenvalue weighted by Crippen LogP contribution is -2.05. The van der Waals surface area contributed by atoms with Crippen molar-refractivity contribution >= 4 is 51.2 Å². The molecule has 5 aromatic rings. The average Bonchev–Trinajstić information content (AvgIpc) is 2.90. The smallest absolute Gasteiger partial charge is 0.248 e. The largest absolute Gasteiger partial charge is 0.436 e. The number of benzene rings is 4. The number of anilines is 3. The van der Waals surface area contributed by atoms with Gasteiger partial charge in [0.1, 0.15) is 17.8 Å². The van der Waals surface area contributed by atoms with E-state index < -0.39 is 5.92 Å². The number of rotatable bonds is 6. The monoisotopic (exact) mass is 525 g/mol. The maximum atomic E-state index is 9.87. The van der Waals surface area contributed by atoms with Gasteiger partial charge in [0.05, 0.1) is 12.0 Å². The summed E-state index contributed by atoms with van der Waals surface area (Å²) in [7, 11) is 0. The lowest BCUT2D eigenvalue weighted by atomic mass is 9.91. The second kappa shape index (κ2) is 10.4. The summed E-state index contributed by atoms with van der Waals surface area (Å²) in [6.45, 7) is 1.92. The number of nitrogens with one attached hydrogen (secondary N) is 1. The molecule has 1 aromatic heterocycles. The maximum Gasteiger partial charge on any atom is 0.248 e. The van der Waals surface area contributed by atoms with Gasteiger partial charge in [-0.25, -0.2) is 4.98 Å². The average molecular weight is 526 g/mol. The van der Waals surface area contributed by atoms with E-state index in [1.807, 2.05) is 67.6 Å². The quantitative estimate of drug-likeness (QED) is 0.233. The van der Waals surface area contributed by atoms with Gasteiger partial charge in [0.2, 0.25) is 5.88 Å². The van der Waals surface area contributed by atoms with E-state index in [1.165, 1.54) is 6.33 Å². The Morgan fingerprint density at radius 2 is 1.73 bits per heavy atom. The minimum Gasteiger partial charge on any atom is -0.436 e. The Morgan fingerprint density at radius 1 is 0.973 bits per heavy atom. The Hall–Kier alpha value is -4.31. The Kier molecular flexibility index (Phi) is 6.82. The molecule has 0 aliphatic heterocycles. The molecule has 1 unspecified atom stereocenters. The van der Waals surface area contributed by atoms with Crippen LogP contribution in [0.1, 0.15) is 22.6 Å². The highest BCUT2D eigenvalue weighted by molar-refractivity contribution is 6.32. The lowest BCUT2D eigenvalue weighted by molar-refractivity contribution is 0.470. The van der Waals surface area contributed by atoms with Gasteiger partial charge in [-0.1, -0.05) is 77.8 Å². The topological polar surface area (TPSA) is 96.8 Å². The number of nitriles is 1. The SMILES string of the molecule is Cc1cc(C(C#N)c2ccc(Cl)cc2)c(Cl)cc1Nc1ncnc(Oc2cccc3ccccc23)c1N. The number of nitrogen functional groups attached to an aromatic ring is 1. The second-order valence-corrected chi connectivity index (χ2v) is 9.29. The highest BCUT2D eigenvalue weighted by Crippen LogP contribution is 2.38. The molecule has 0 aliphatic rings. The Labute approximate surface area is 224 Å². The van der Waals surface area contributed by atoms with Crippen LogP contribution in [0.15, 0.2) is 85.2 Å². The van der Waals surface area contributed by atoms with Gasteiger partial charge in [0.25, 0.3) is 0 Å². The number of halogens is 2. The van der Waals surface area contributed by atoms with Gasteiger partial charge in [-0.05, 0) is 53.3 Å². The molecule has 0 fully saturated rings. The van der Waals surface area contributed by atoms with Crippen molar-refractivity contribution in [3.8, 4) is 17.7 Å². The minimum absolute atomic E-state index is 0.238. The predicted octanol–water partition coefficient (Wildman–Crippen LogP) is 8.02.